The van der Waals surface area contributed by atoms with Crippen molar-refractivity contribution >= 4 is 12.2 Å². The summed E-state index contributed by atoms with van der Waals surface area (Å²) in [7, 11) is 0. The van der Waals surface area contributed by atoms with Crippen LogP contribution in [0, 0.1) is 24.7 Å². The number of carbonyl (C=O) groups is 2. The van der Waals surface area contributed by atoms with Crippen molar-refractivity contribution in [1.82, 2.24) is 10.0 Å². The first kappa shape index (κ1) is 21.1. The average Bonchev–Trinajstić information content (AvgIpc) is 2.59. The highest BCUT2D eigenvalue weighted by Gasteiger charge is 2.27. The Hall–Kier alpha value is -2.86. The summed E-state index contributed by atoms with van der Waals surface area (Å²) in [4.78, 5) is 24.4. The first-order chi connectivity index (χ1) is 11.6. The Morgan fingerprint density at radius 1 is 0.875 bits per heavy atom. The van der Waals surface area contributed by atoms with E-state index in [1.807, 2.05) is 0 Å². The molecule has 24 heavy (non-hydrogen) atoms. The molecule has 0 saturated heterocycles. The standard InChI is InChI=1S/C18H24N2O4/c1-5-9-11-13-19(17(21)23-15-7-3)20(14-12-10-6-2)18(22)24-16-8-4/h3-6H,1-2,9-16H2. The Kier molecular flexibility index (Phi) is 12.1. The van der Waals surface area contributed by atoms with Gasteiger partial charge in [-0.3, -0.25) is 0 Å². The molecule has 130 valence electrons. The zero-order valence-corrected chi connectivity index (χ0v) is 13.9. The third kappa shape index (κ3) is 8.55. The Morgan fingerprint density at radius 3 is 1.54 bits per heavy atom. The maximum atomic E-state index is 12.2. The van der Waals surface area contributed by atoms with Crippen molar-refractivity contribution in [3.05, 3.63) is 25.3 Å². The summed E-state index contributed by atoms with van der Waals surface area (Å²) in [5.41, 5.74) is 0. The van der Waals surface area contributed by atoms with Crippen molar-refractivity contribution in [3.63, 3.8) is 0 Å². The topological polar surface area (TPSA) is 59.1 Å². The van der Waals surface area contributed by atoms with Crippen molar-refractivity contribution < 1.29 is 19.1 Å². The average molecular weight is 332 g/mol. The van der Waals surface area contributed by atoms with Gasteiger partial charge in [0.25, 0.3) is 0 Å². The molecule has 0 spiro atoms. The minimum Gasteiger partial charge on any atom is -0.435 e. The van der Waals surface area contributed by atoms with Crippen LogP contribution in [-0.2, 0) is 9.47 Å². The van der Waals surface area contributed by atoms with E-state index < -0.39 is 12.2 Å². The Morgan fingerprint density at radius 2 is 1.25 bits per heavy atom. The molecule has 0 unspecified atom stereocenters. The van der Waals surface area contributed by atoms with Gasteiger partial charge < -0.3 is 9.47 Å². The highest BCUT2D eigenvalue weighted by molar-refractivity contribution is 5.74. The highest BCUT2D eigenvalue weighted by atomic mass is 16.6. The Bertz CT molecular complexity index is 456. The van der Waals surface area contributed by atoms with E-state index in [2.05, 4.69) is 25.0 Å². The maximum Gasteiger partial charge on any atom is 0.429 e. The zero-order chi connectivity index (χ0) is 18.2. The van der Waals surface area contributed by atoms with Gasteiger partial charge >= 0.3 is 12.2 Å². The lowest BCUT2D eigenvalue weighted by atomic mass is 10.3. The monoisotopic (exact) mass is 332 g/mol. The largest absolute Gasteiger partial charge is 0.435 e. The molecule has 6 nitrogen and oxygen atoms in total. The first-order valence-electron chi connectivity index (χ1n) is 7.59. The number of hydrogen-bond donors (Lipinski definition) is 0. The van der Waals surface area contributed by atoms with E-state index in [-0.39, 0.29) is 26.3 Å². The van der Waals surface area contributed by atoms with Gasteiger partial charge in [0.2, 0.25) is 0 Å². The molecule has 2 amide bonds. The molecule has 0 aromatic rings. The summed E-state index contributed by atoms with van der Waals surface area (Å²) in [6.07, 6.45) is 14.8. The van der Waals surface area contributed by atoms with E-state index in [1.54, 1.807) is 12.2 Å². The molecule has 0 aromatic heterocycles. The van der Waals surface area contributed by atoms with Crippen molar-refractivity contribution in [1.29, 1.82) is 0 Å². The number of ether oxygens (including phenoxy) is 2. The molecular weight excluding hydrogens is 308 g/mol. The normalized spacial score (nSPS) is 9.08. The van der Waals surface area contributed by atoms with Crippen molar-refractivity contribution in [2.75, 3.05) is 26.3 Å². The predicted molar refractivity (Wildman–Crippen MR) is 92.6 cm³/mol. The van der Waals surface area contributed by atoms with Crippen LogP contribution >= 0.6 is 0 Å². The molecule has 0 aliphatic carbocycles. The molecule has 0 rings (SSSR count). The van der Waals surface area contributed by atoms with Gasteiger partial charge in [0.1, 0.15) is 0 Å². The van der Waals surface area contributed by atoms with Crippen molar-refractivity contribution in [2.45, 2.75) is 25.7 Å². The number of carbonyl (C=O) groups excluding carboxylic acids is 2. The number of rotatable bonds is 10. The lowest BCUT2D eigenvalue weighted by Gasteiger charge is -2.32. The fraction of sp³-hybridized carbons (Fsp3) is 0.444. The number of allylic oxidation sites excluding steroid dienone is 2. The van der Waals surface area contributed by atoms with Crippen LogP contribution < -0.4 is 0 Å². The summed E-state index contributed by atoms with van der Waals surface area (Å²) in [6.45, 7) is 7.42. The van der Waals surface area contributed by atoms with Crippen molar-refractivity contribution in [2.24, 2.45) is 0 Å². The SMILES string of the molecule is C#CCOC(=O)N(CCCC=C)N(CCCC=C)C(=O)OCC#C. The van der Waals surface area contributed by atoms with Gasteiger partial charge in [-0.15, -0.1) is 26.0 Å². The molecule has 0 saturated carbocycles. The van der Waals surface area contributed by atoms with E-state index in [4.69, 9.17) is 22.3 Å². The minimum atomic E-state index is -0.715. The van der Waals surface area contributed by atoms with E-state index in [9.17, 15) is 9.59 Å². The third-order valence-corrected chi connectivity index (χ3v) is 2.83. The molecular formula is C18H24N2O4. The smallest absolute Gasteiger partial charge is 0.429 e. The van der Waals surface area contributed by atoms with Gasteiger partial charge in [0.05, 0.1) is 0 Å². The third-order valence-electron chi connectivity index (χ3n) is 2.83. The Labute approximate surface area is 144 Å². The Balaban J connectivity index is 5.16. The zero-order valence-electron chi connectivity index (χ0n) is 13.9. The molecule has 0 bridgehead atoms. The fourth-order valence-electron chi connectivity index (χ4n) is 1.75. The molecule has 0 aromatic carbocycles. The number of hydrazine groups is 1. The molecule has 0 radical (unpaired) electrons. The summed E-state index contributed by atoms with van der Waals surface area (Å²) in [6, 6.07) is 0. The van der Waals surface area contributed by atoms with Crippen LogP contribution in [0.25, 0.3) is 0 Å². The second-order valence-electron chi connectivity index (χ2n) is 4.63. The minimum absolute atomic E-state index is 0.184. The summed E-state index contributed by atoms with van der Waals surface area (Å²) in [5, 5.41) is 2.37. The van der Waals surface area contributed by atoms with Crippen LogP contribution in [0.2, 0.25) is 0 Å². The molecule has 0 heterocycles. The van der Waals surface area contributed by atoms with Crippen LogP contribution in [0.3, 0.4) is 0 Å². The summed E-state index contributed by atoms with van der Waals surface area (Å²) in [5.74, 6) is 4.43. The van der Waals surface area contributed by atoms with Gasteiger partial charge in [0, 0.05) is 13.1 Å². The van der Waals surface area contributed by atoms with Gasteiger partial charge in [-0.2, -0.15) is 0 Å². The molecule has 0 atom stereocenters. The lowest BCUT2D eigenvalue weighted by Crippen LogP contribution is -2.51. The number of hydrogen-bond acceptors (Lipinski definition) is 4. The molecule has 0 fully saturated rings. The summed E-state index contributed by atoms with van der Waals surface area (Å²) < 4.78 is 9.88. The van der Waals surface area contributed by atoms with E-state index in [1.165, 1.54) is 10.0 Å². The van der Waals surface area contributed by atoms with Crippen LogP contribution in [0.5, 0.6) is 0 Å². The van der Waals surface area contributed by atoms with E-state index >= 15 is 0 Å². The molecule has 0 aliphatic heterocycles. The van der Waals surface area contributed by atoms with E-state index in [0.717, 1.165) is 0 Å². The maximum absolute atomic E-state index is 12.2. The number of unbranched alkanes of at least 4 members (excludes halogenated alkanes) is 2. The lowest BCUT2D eigenvalue weighted by molar-refractivity contribution is -0.0175. The summed E-state index contributed by atoms with van der Waals surface area (Å²) >= 11 is 0. The van der Waals surface area contributed by atoms with Gasteiger partial charge in [-0.05, 0) is 25.7 Å². The van der Waals surface area contributed by atoms with Gasteiger partial charge in [-0.1, -0.05) is 24.0 Å². The molecule has 0 aliphatic rings. The number of amides is 2. The molecule has 0 N–H and O–H groups in total. The van der Waals surface area contributed by atoms with Gasteiger partial charge in [0.15, 0.2) is 13.2 Å². The van der Waals surface area contributed by atoms with Crippen molar-refractivity contribution in [3.8, 4) is 24.7 Å². The van der Waals surface area contributed by atoms with E-state index in [0.29, 0.717) is 25.7 Å². The van der Waals surface area contributed by atoms with Crippen LogP contribution in [0.15, 0.2) is 25.3 Å². The predicted octanol–water partition coefficient (Wildman–Crippen LogP) is 2.98. The second kappa shape index (κ2) is 13.8. The highest BCUT2D eigenvalue weighted by Crippen LogP contribution is 2.09. The first-order valence-corrected chi connectivity index (χ1v) is 7.59. The van der Waals surface area contributed by atoms with Crippen LogP contribution in [0.1, 0.15) is 25.7 Å². The van der Waals surface area contributed by atoms with Gasteiger partial charge in [-0.25, -0.2) is 19.6 Å². The van der Waals surface area contributed by atoms with Crippen LogP contribution in [0.4, 0.5) is 9.59 Å². The number of terminal acetylenes is 2. The van der Waals surface area contributed by atoms with Crippen LogP contribution in [-0.4, -0.2) is 48.5 Å². The molecule has 6 heteroatoms. The quantitative estimate of drug-likeness (QED) is 0.267. The second-order valence-corrected chi connectivity index (χ2v) is 4.63. The number of nitrogens with zero attached hydrogens (tertiary/aromatic N) is 2. The fourth-order valence-corrected chi connectivity index (χ4v) is 1.75.